The Morgan fingerprint density at radius 2 is 1.90 bits per heavy atom. The Hall–Kier alpha value is -1.05. The van der Waals surface area contributed by atoms with Crippen molar-refractivity contribution in [3.05, 3.63) is 23.3 Å². The Bertz CT molecular complexity index is 746. The van der Waals surface area contributed by atoms with E-state index < -0.39 is 0 Å². The number of allylic oxidation sites excluding steroid dienone is 3. The van der Waals surface area contributed by atoms with Gasteiger partial charge >= 0.3 is 5.97 Å². The van der Waals surface area contributed by atoms with Crippen molar-refractivity contribution >= 4 is 5.97 Å². The zero-order chi connectivity index (χ0) is 22.4. The van der Waals surface area contributed by atoms with Gasteiger partial charge in [-0.1, -0.05) is 51.0 Å². The van der Waals surface area contributed by atoms with Gasteiger partial charge in [0.2, 0.25) is 0 Å². The highest BCUT2D eigenvalue weighted by atomic mass is 16.5. The minimum absolute atomic E-state index is 0.108. The summed E-state index contributed by atoms with van der Waals surface area (Å²) in [6, 6.07) is 0. The molecule has 0 radical (unpaired) electrons. The second-order valence-corrected chi connectivity index (χ2v) is 12.3. The van der Waals surface area contributed by atoms with Gasteiger partial charge in [0.15, 0.2) is 0 Å². The van der Waals surface area contributed by atoms with Crippen molar-refractivity contribution in [3.63, 3.8) is 0 Å². The van der Waals surface area contributed by atoms with Gasteiger partial charge in [0.1, 0.15) is 6.10 Å². The fraction of sp³-hybridized carbons (Fsp3) is 0.828. The first-order valence-corrected chi connectivity index (χ1v) is 13.2. The number of ether oxygens (including phenoxy) is 1. The van der Waals surface area contributed by atoms with Crippen molar-refractivity contribution in [1.82, 2.24) is 0 Å². The molecule has 3 saturated carbocycles. The predicted molar refractivity (Wildman–Crippen MR) is 129 cm³/mol. The van der Waals surface area contributed by atoms with Gasteiger partial charge in [-0.15, -0.1) is 0 Å². The van der Waals surface area contributed by atoms with E-state index >= 15 is 0 Å². The largest absolute Gasteiger partial charge is 0.462 e. The molecule has 0 N–H and O–H groups in total. The Labute approximate surface area is 191 Å². The van der Waals surface area contributed by atoms with Crippen molar-refractivity contribution < 1.29 is 9.53 Å². The lowest BCUT2D eigenvalue weighted by Gasteiger charge is -2.58. The summed E-state index contributed by atoms with van der Waals surface area (Å²) in [4.78, 5) is 11.5. The van der Waals surface area contributed by atoms with E-state index in [2.05, 4.69) is 46.8 Å². The SMILES string of the molecule is CC(=O)OC1CC[C@@]2(C)C(=CC[C@H]3[C@@H]4CC[C@H](/C(C)=C/CCC(C)C)[C@@]4(C)CC[C@@H]32)C1. The molecule has 174 valence electrons. The summed E-state index contributed by atoms with van der Waals surface area (Å²) in [5, 5.41) is 0. The number of carbonyl (C=O) groups is 1. The molecule has 7 atom stereocenters. The van der Waals surface area contributed by atoms with Gasteiger partial charge in [-0.05, 0) is 105 Å². The summed E-state index contributed by atoms with van der Waals surface area (Å²) < 4.78 is 5.61. The van der Waals surface area contributed by atoms with Crippen LogP contribution in [0.2, 0.25) is 0 Å². The van der Waals surface area contributed by atoms with Gasteiger partial charge in [0, 0.05) is 13.3 Å². The minimum atomic E-state index is -0.120. The highest BCUT2D eigenvalue weighted by Gasteiger charge is 2.58. The molecule has 0 bridgehead atoms. The quantitative estimate of drug-likeness (QED) is 0.330. The van der Waals surface area contributed by atoms with Crippen LogP contribution in [0.5, 0.6) is 0 Å². The van der Waals surface area contributed by atoms with E-state index in [0.29, 0.717) is 10.8 Å². The van der Waals surface area contributed by atoms with Crippen LogP contribution in [0.4, 0.5) is 0 Å². The molecular weight excluding hydrogens is 380 g/mol. The third kappa shape index (κ3) is 4.18. The maximum atomic E-state index is 11.5. The van der Waals surface area contributed by atoms with Crippen LogP contribution in [0, 0.1) is 40.4 Å². The predicted octanol–water partition coefficient (Wildman–Crippen LogP) is 7.88. The van der Waals surface area contributed by atoms with Crippen LogP contribution in [0.15, 0.2) is 23.3 Å². The van der Waals surface area contributed by atoms with Crippen molar-refractivity contribution in [2.45, 2.75) is 112 Å². The van der Waals surface area contributed by atoms with Gasteiger partial charge in [0.25, 0.3) is 0 Å². The number of carbonyl (C=O) groups excluding carboxylic acids is 1. The standard InChI is InChI=1S/C29H46O2/c1-19(2)8-7-9-20(3)25-12-13-26-24-11-10-22-18-23(31-21(4)30)14-16-28(22,5)27(24)15-17-29(25,26)6/h9-10,19,23-27H,7-8,11-18H2,1-6H3/b20-9+/t23?,24-,25+,26-,27-,28-,29+/m0/s1. The maximum absolute atomic E-state index is 11.5. The molecule has 3 fully saturated rings. The summed E-state index contributed by atoms with van der Waals surface area (Å²) in [7, 11) is 0. The van der Waals surface area contributed by atoms with Crippen molar-refractivity contribution in [1.29, 1.82) is 0 Å². The van der Waals surface area contributed by atoms with Gasteiger partial charge < -0.3 is 4.74 Å². The molecule has 0 aromatic heterocycles. The first-order chi connectivity index (χ1) is 14.6. The van der Waals surface area contributed by atoms with E-state index in [4.69, 9.17) is 4.74 Å². The number of esters is 1. The normalized spacial score (nSPS) is 42.5. The topological polar surface area (TPSA) is 26.3 Å². The van der Waals surface area contributed by atoms with E-state index in [9.17, 15) is 4.79 Å². The Balaban J connectivity index is 1.50. The summed E-state index contributed by atoms with van der Waals surface area (Å²) in [5.41, 5.74) is 4.12. The second-order valence-electron chi connectivity index (χ2n) is 12.3. The Kier molecular flexibility index (Phi) is 6.50. The summed E-state index contributed by atoms with van der Waals surface area (Å²) in [5.74, 6) is 4.03. The fourth-order valence-corrected chi connectivity index (χ4v) is 8.50. The third-order valence-electron chi connectivity index (χ3n) is 10.2. The van der Waals surface area contributed by atoms with Crippen molar-refractivity contribution in [2.75, 3.05) is 0 Å². The summed E-state index contributed by atoms with van der Waals surface area (Å²) in [6.45, 7) is 13.8. The lowest BCUT2D eigenvalue weighted by molar-refractivity contribution is -0.148. The molecule has 2 heteroatoms. The van der Waals surface area contributed by atoms with E-state index in [1.807, 2.05) is 0 Å². The number of fused-ring (bicyclic) bond motifs is 5. The van der Waals surface area contributed by atoms with Crippen LogP contribution in [-0.4, -0.2) is 12.1 Å². The monoisotopic (exact) mass is 426 g/mol. The van der Waals surface area contributed by atoms with Crippen LogP contribution in [0.1, 0.15) is 106 Å². The summed E-state index contributed by atoms with van der Waals surface area (Å²) >= 11 is 0. The van der Waals surface area contributed by atoms with E-state index in [1.54, 1.807) is 18.1 Å². The van der Waals surface area contributed by atoms with Gasteiger partial charge in [0.05, 0.1) is 0 Å². The molecule has 0 aliphatic heterocycles. The smallest absolute Gasteiger partial charge is 0.302 e. The second kappa shape index (κ2) is 8.71. The van der Waals surface area contributed by atoms with E-state index in [1.165, 1.54) is 51.4 Å². The molecule has 0 aromatic rings. The zero-order valence-corrected chi connectivity index (χ0v) is 21.0. The Morgan fingerprint density at radius 1 is 1.13 bits per heavy atom. The van der Waals surface area contributed by atoms with Crippen LogP contribution in [-0.2, 0) is 9.53 Å². The maximum Gasteiger partial charge on any atom is 0.302 e. The first kappa shape index (κ1) is 23.1. The molecular formula is C29H46O2. The molecule has 4 aliphatic rings. The Morgan fingerprint density at radius 3 is 2.61 bits per heavy atom. The molecule has 4 rings (SSSR count). The molecule has 31 heavy (non-hydrogen) atoms. The zero-order valence-electron chi connectivity index (χ0n) is 21.0. The highest BCUT2D eigenvalue weighted by molar-refractivity contribution is 5.66. The number of hydrogen-bond donors (Lipinski definition) is 0. The van der Waals surface area contributed by atoms with Crippen molar-refractivity contribution in [3.8, 4) is 0 Å². The first-order valence-electron chi connectivity index (χ1n) is 13.2. The van der Waals surface area contributed by atoms with Gasteiger partial charge in [-0.2, -0.15) is 0 Å². The third-order valence-corrected chi connectivity index (χ3v) is 10.2. The molecule has 0 spiro atoms. The van der Waals surface area contributed by atoms with Gasteiger partial charge in [-0.3, -0.25) is 4.79 Å². The van der Waals surface area contributed by atoms with Crippen LogP contribution in [0.25, 0.3) is 0 Å². The average molecular weight is 427 g/mol. The lowest BCUT2D eigenvalue weighted by Crippen LogP contribution is -2.50. The van der Waals surface area contributed by atoms with E-state index in [-0.39, 0.29) is 12.1 Å². The van der Waals surface area contributed by atoms with Crippen LogP contribution in [0.3, 0.4) is 0 Å². The lowest BCUT2D eigenvalue weighted by atomic mass is 9.47. The number of hydrogen-bond acceptors (Lipinski definition) is 2. The molecule has 2 nitrogen and oxygen atoms in total. The molecule has 0 amide bonds. The molecule has 1 unspecified atom stereocenters. The van der Waals surface area contributed by atoms with Crippen molar-refractivity contribution in [2.24, 2.45) is 40.4 Å². The minimum Gasteiger partial charge on any atom is -0.462 e. The highest BCUT2D eigenvalue weighted by Crippen LogP contribution is 2.67. The fourth-order valence-electron chi connectivity index (χ4n) is 8.50. The molecule has 4 aliphatic carbocycles. The van der Waals surface area contributed by atoms with E-state index in [0.717, 1.165) is 42.4 Å². The average Bonchev–Trinajstić information content (AvgIpc) is 3.05. The molecule has 0 saturated heterocycles. The van der Waals surface area contributed by atoms with Gasteiger partial charge in [-0.25, -0.2) is 0 Å². The van der Waals surface area contributed by atoms with Crippen LogP contribution >= 0.6 is 0 Å². The number of rotatable bonds is 5. The molecule has 0 heterocycles. The summed E-state index contributed by atoms with van der Waals surface area (Å²) in [6.07, 6.45) is 17.9. The molecule has 0 aromatic carbocycles. The van der Waals surface area contributed by atoms with Crippen LogP contribution < -0.4 is 0 Å².